The van der Waals surface area contributed by atoms with Gasteiger partial charge >= 0.3 is 0 Å². The van der Waals surface area contributed by atoms with Crippen molar-refractivity contribution in [3.05, 3.63) is 34.6 Å². The van der Waals surface area contributed by atoms with E-state index in [2.05, 4.69) is 0 Å². The predicted octanol–water partition coefficient (Wildman–Crippen LogP) is 2.86. The molecule has 0 saturated carbocycles. The van der Waals surface area contributed by atoms with Crippen molar-refractivity contribution in [2.45, 2.75) is 31.8 Å². The predicted molar refractivity (Wildman–Crippen MR) is 48.8 cm³/mol. The Morgan fingerprint density at radius 1 is 1.13 bits per heavy atom. The Hall–Kier alpha value is -1.03. The van der Waals surface area contributed by atoms with E-state index in [9.17, 15) is 18.3 Å². The summed E-state index contributed by atoms with van der Waals surface area (Å²) in [6, 6.07) is 0.548. The molecule has 0 heterocycles. The van der Waals surface area contributed by atoms with Crippen LogP contribution in [-0.4, -0.2) is 5.11 Å². The molecule has 1 atom stereocenters. The van der Waals surface area contributed by atoms with Crippen molar-refractivity contribution < 1.29 is 18.3 Å². The van der Waals surface area contributed by atoms with Gasteiger partial charge in [-0.15, -0.1) is 0 Å². The molecule has 1 aromatic carbocycles. The van der Waals surface area contributed by atoms with Crippen LogP contribution in [0, 0.1) is 17.5 Å². The standard InChI is InChI=1S/C11H11F3O/c12-7-5-8(13)11(14)10-6(7)3-1-2-4-9(10)15/h5,9,15H,1-4H2/t9-/m1/s1. The Morgan fingerprint density at radius 3 is 2.60 bits per heavy atom. The molecule has 1 aliphatic carbocycles. The molecule has 4 heteroatoms. The van der Waals surface area contributed by atoms with Crippen LogP contribution in [0.2, 0.25) is 0 Å². The van der Waals surface area contributed by atoms with Crippen LogP contribution in [0.1, 0.15) is 36.5 Å². The van der Waals surface area contributed by atoms with Crippen LogP contribution in [0.5, 0.6) is 0 Å². The van der Waals surface area contributed by atoms with Gasteiger partial charge in [-0.3, -0.25) is 0 Å². The number of hydrogen-bond donors (Lipinski definition) is 1. The zero-order valence-electron chi connectivity index (χ0n) is 8.06. The molecule has 0 aliphatic heterocycles. The second-order valence-corrected chi connectivity index (χ2v) is 3.81. The van der Waals surface area contributed by atoms with Crippen molar-refractivity contribution in [2.75, 3.05) is 0 Å². The summed E-state index contributed by atoms with van der Waals surface area (Å²) < 4.78 is 39.7. The van der Waals surface area contributed by atoms with Crippen LogP contribution in [-0.2, 0) is 6.42 Å². The molecule has 1 aliphatic rings. The highest BCUT2D eigenvalue weighted by atomic mass is 19.2. The molecule has 82 valence electrons. The summed E-state index contributed by atoms with van der Waals surface area (Å²) in [5.41, 5.74) is -0.0658. The average molecular weight is 216 g/mol. The van der Waals surface area contributed by atoms with E-state index in [1.54, 1.807) is 0 Å². The van der Waals surface area contributed by atoms with E-state index in [4.69, 9.17) is 0 Å². The third kappa shape index (κ3) is 1.74. The van der Waals surface area contributed by atoms with Gasteiger partial charge < -0.3 is 5.11 Å². The average Bonchev–Trinajstić information content (AvgIpc) is 2.37. The zero-order chi connectivity index (χ0) is 11.0. The fourth-order valence-electron chi connectivity index (χ4n) is 2.04. The number of halogens is 3. The molecular weight excluding hydrogens is 205 g/mol. The van der Waals surface area contributed by atoms with E-state index in [1.807, 2.05) is 0 Å². The van der Waals surface area contributed by atoms with Gasteiger partial charge in [0, 0.05) is 11.6 Å². The third-order valence-electron chi connectivity index (χ3n) is 2.80. The van der Waals surface area contributed by atoms with Gasteiger partial charge in [0.15, 0.2) is 11.6 Å². The SMILES string of the molecule is O[C@@H]1CCCCc2c(F)cc(F)c(F)c21. The molecule has 0 amide bonds. The molecule has 2 rings (SSSR count). The molecule has 0 aromatic heterocycles. The third-order valence-corrected chi connectivity index (χ3v) is 2.80. The van der Waals surface area contributed by atoms with Gasteiger partial charge in [-0.2, -0.15) is 0 Å². The highest BCUT2D eigenvalue weighted by molar-refractivity contribution is 5.33. The highest BCUT2D eigenvalue weighted by Crippen LogP contribution is 2.33. The van der Waals surface area contributed by atoms with Gasteiger partial charge in [-0.1, -0.05) is 6.42 Å². The van der Waals surface area contributed by atoms with Crippen LogP contribution >= 0.6 is 0 Å². The summed E-state index contributed by atoms with van der Waals surface area (Å²) in [7, 11) is 0. The smallest absolute Gasteiger partial charge is 0.165 e. The lowest BCUT2D eigenvalue weighted by Gasteiger charge is -2.13. The molecule has 1 aromatic rings. The van der Waals surface area contributed by atoms with Crippen molar-refractivity contribution in [3.8, 4) is 0 Å². The molecule has 1 nitrogen and oxygen atoms in total. The number of benzene rings is 1. The number of aliphatic hydroxyl groups excluding tert-OH is 1. The molecule has 0 radical (unpaired) electrons. The Bertz CT molecular complexity index is 390. The second kappa shape index (κ2) is 3.85. The molecule has 0 saturated heterocycles. The van der Waals surface area contributed by atoms with Gasteiger partial charge in [0.1, 0.15) is 5.82 Å². The van der Waals surface area contributed by atoms with Crippen LogP contribution in [0.25, 0.3) is 0 Å². The first-order chi connectivity index (χ1) is 7.11. The van der Waals surface area contributed by atoms with Gasteiger partial charge in [-0.05, 0) is 24.8 Å². The van der Waals surface area contributed by atoms with Crippen molar-refractivity contribution in [3.63, 3.8) is 0 Å². The Morgan fingerprint density at radius 2 is 1.87 bits per heavy atom. The summed E-state index contributed by atoms with van der Waals surface area (Å²) in [4.78, 5) is 0. The zero-order valence-corrected chi connectivity index (χ0v) is 8.06. The summed E-state index contributed by atoms with van der Waals surface area (Å²) in [5, 5.41) is 9.60. The Kier molecular flexibility index (Phi) is 2.69. The summed E-state index contributed by atoms with van der Waals surface area (Å²) in [5.74, 6) is -3.10. The number of rotatable bonds is 0. The van der Waals surface area contributed by atoms with E-state index in [0.29, 0.717) is 31.7 Å². The largest absolute Gasteiger partial charge is 0.388 e. The summed E-state index contributed by atoms with van der Waals surface area (Å²) in [6.07, 6.45) is 0.998. The van der Waals surface area contributed by atoms with Gasteiger partial charge in [0.2, 0.25) is 0 Å². The topological polar surface area (TPSA) is 20.2 Å². The molecule has 1 N–H and O–H groups in total. The van der Waals surface area contributed by atoms with Crippen molar-refractivity contribution >= 4 is 0 Å². The lowest BCUT2D eigenvalue weighted by atomic mass is 9.99. The summed E-state index contributed by atoms with van der Waals surface area (Å²) in [6.45, 7) is 0. The highest BCUT2D eigenvalue weighted by Gasteiger charge is 2.25. The monoisotopic (exact) mass is 216 g/mol. The summed E-state index contributed by atoms with van der Waals surface area (Å²) >= 11 is 0. The second-order valence-electron chi connectivity index (χ2n) is 3.81. The Balaban J connectivity index is 2.63. The first kappa shape index (κ1) is 10.5. The number of hydrogen-bond acceptors (Lipinski definition) is 1. The fourth-order valence-corrected chi connectivity index (χ4v) is 2.04. The first-order valence-corrected chi connectivity index (χ1v) is 4.95. The maximum atomic E-state index is 13.4. The quantitative estimate of drug-likeness (QED) is 0.522. The van der Waals surface area contributed by atoms with E-state index < -0.39 is 23.6 Å². The van der Waals surface area contributed by atoms with E-state index in [1.165, 1.54) is 0 Å². The van der Waals surface area contributed by atoms with Crippen LogP contribution in [0.3, 0.4) is 0 Å². The lowest BCUT2D eigenvalue weighted by Crippen LogP contribution is -2.07. The minimum atomic E-state index is -1.23. The van der Waals surface area contributed by atoms with Crippen molar-refractivity contribution in [1.82, 2.24) is 0 Å². The van der Waals surface area contributed by atoms with Crippen LogP contribution < -0.4 is 0 Å². The maximum absolute atomic E-state index is 13.4. The first-order valence-electron chi connectivity index (χ1n) is 4.95. The molecule has 0 bridgehead atoms. The molecular formula is C11H11F3O. The molecule has 0 spiro atoms. The molecule has 0 unspecified atom stereocenters. The van der Waals surface area contributed by atoms with Crippen LogP contribution in [0.4, 0.5) is 13.2 Å². The van der Waals surface area contributed by atoms with Crippen LogP contribution in [0.15, 0.2) is 6.07 Å². The molecule has 15 heavy (non-hydrogen) atoms. The van der Waals surface area contributed by atoms with E-state index in [0.717, 1.165) is 0 Å². The van der Waals surface area contributed by atoms with E-state index >= 15 is 0 Å². The van der Waals surface area contributed by atoms with Gasteiger partial charge in [0.25, 0.3) is 0 Å². The number of fused-ring (bicyclic) bond motifs is 1. The van der Waals surface area contributed by atoms with Gasteiger partial charge in [-0.25, -0.2) is 13.2 Å². The lowest BCUT2D eigenvalue weighted by molar-refractivity contribution is 0.160. The Labute approximate surface area is 85.5 Å². The van der Waals surface area contributed by atoms with Crippen molar-refractivity contribution in [2.24, 2.45) is 0 Å². The normalized spacial score (nSPS) is 20.9. The van der Waals surface area contributed by atoms with Gasteiger partial charge in [0.05, 0.1) is 6.10 Å². The molecule has 0 fully saturated rings. The minimum Gasteiger partial charge on any atom is -0.388 e. The maximum Gasteiger partial charge on any atom is 0.165 e. The fraction of sp³-hybridized carbons (Fsp3) is 0.455. The number of aliphatic hydroxyl groups is 1. The van der Waals surface area contributed by atoms with Crippen molar-refractivity contribution in [1.29, 1.82) is 0 Å². The van der Waals surface area contributed by atoms with E-state index in [-0.39, 0.29) is 11.1 Å². The minimum absolute atomic E-state index is 0.124.